The molecule has 0 bridgehead atoms. The van der Waals surface area contributed by atoms with Crippen molar-refractivity contribution in [3.8, 4) is 17.6 Å². The molecule has 0 aromatic heterocycles. The van der Waals surface area contributed by atoms with Gasteiger partial charge < -0.3 is 14.8 Å². The molecular weight excluding hydrogens is 484 g/mol. The molecule has 2 fully saturated rings. The number of ether oxygens (including phenoxy) is 2. The summed E-state index contributed by atoms with van der Waals surface area (Å²) in [7, 11) is 1.53. The van der Waals surface area contributed by atoms with Crippen molar-refractivity contribution < 1.29 is 19.2 Å². The average Bonchev–Trinajstić information content (AvgIpc) is 3.60. The van der Waals surface area contributed by atoms with Gasteiger partial charge in [-0.3, -0.25) is 19.8 Å². The number of anilines is 1. The summed E-state index contributed by atoms with van der Waals surface area (Å²) in [6, 6.07) is 20.7. The van der Waals surface area contributed by atoms with Crippen molar-refractivity contribution in [1.82, 2.24) is 4.90 Å². The largest absolute Gasteiger partial charge is 0.493 e. The van der Waals surface area contributed by atoms with Crippen molar-refractivity contribution in [2.24, 2.45) is 0 Å². The summed E-state index contributed by atoms with van der Waals surface area (Å²) in [6.07, 6.45) is 1.62. The van der Waals surface area contributed by atoms with Gasteiger partial charge in [0.25, 0.3) is 11.9 Å². The zero-order valence-corrected chi connectivity index (χ0v) is 20.8. The van der Waals surface area contributed by atoms with Gasteiger partial charge in [0.05, 0.1) is 24.7 Å². The molecule has 3 aliphatic rings. The second kappa shape index (κ2) is 9.15. The molecule has 3 aromatic rings. The third-order valence-corrected chi connectivity index (χ3v) is 8.19. The molecule has 9 nitrogen and oxygen atoms in total. The summed E-state index contributed by atoms with van der Waals surface area (Å²) >= 11 is 0. The van der Waals surface area contributed by atoms with E-state index >= 15 is 0 Å². The summed E-state index contributed by atoms with van der Waals surface area (Å²) in [5.74, 6) is 0.0620. The summed E-state index contributed by atoms with van der Waals surface area (Å²) in [4.78, 5) is 28.2. The number of fused-ring (bicyclic) bond motifs is 4. The molecule has 3 heterocycles. The molecule has 0 aliphatic carbocycles. The van der Waals surface area contributed by atoms with E-state index in [-0.39, 0.29) is 23.5 Å². The van der Waals surface area contributed by atoms with Crippen LogP contribution in [0.15, 0.2) is 66.7 Å². The molecule has 1 amide bonds. The van der Waals surface area contributed by atoms with Gasteiger partial charge in [0.1, 0.15) is 6.61 Å². The Morgan fingerprint density at radius 1 is 1.16 bits per heavy atom. The molecular formula is C29H26N4O5. The topological polar surface area (TPSA) is 118 Å². The van der Waals surface area contributed by atoms with Crippen molar-refractivity contribution in [3.05, 3.63) is 99.1 Å². The van der Waals surface area contributed by atoms with Gasteiger partial charge in [-0.2, -0.15) is 5.26 Å². The van der Waals surface area contributed by atoms with Gasteiger partial charge in [0.2, 0.25) is 0 Å². The van der Waals surface area contributed by atoms with Crippen LogP contribution >= 0.6 is 0 Å². The van der Waals surface area contributed by atoms with Crippen LogP contribution in [0.5, 0.6) is 11.5 Å². The van der Waals surface area contributed by atoms with Crippen LogP contribution in [-0.4, -0.2) is 41.5 Å². The molecule has 0 unspecified atom stereocenters. The Morgan fingerprint density at radius 2 is 1.95 bits per heavy atom. The number of para-hydroxylation sites is 1. The van der Waals surface area contributed by atoms with E-state index in [4.69, 9.17) is 9.47 Å². The minimum atomic E-state index is -1.37. The number of rotatable bonds is 6. The van der Waals surface area contributed by atoms with E-state index in [2.05, 4.69) is 16.3 Å². The summed E-state index contributed by atoms with van der Waals surface area (Å²) < 4.78 is 11.6. The van der Waals surface area contributed by atoms with Crippen molar-refractivity contribution in [2.45, 2.75) is 43.0 Å². The maximum absolute atomic E-state index is 13.6. The van der Waals surface area contributed by atoms with Crippen molar-refractivity contribution >= 4 is 11.6 Å². The molecule has 1 N–H and O–H groups in total. The van der Waals surface area contributed by atoms with E-state index in [1.807, 2.05) is 36.4 Å². The van der Waals surface area contributed by atoms with Gasteiger partial charge in [0.15, 0.2) is 17.0 Å². The standard InChI is InChI=1S/C29H26N4O5/c1-37-25-15-18(12-13-24(25)38-17-20-8-3-2-7-19(20)16-30)26-23-11-6-14-32(23)29(27(26)33(35)36)21-9-4-5-10-22(21)31-28(29)34/h2-5,7-10,12-13,15,23,26-27H,6,11,14,17H2,1H3,(H,31,34)/t23-,26+,27+,29+/m0/s1. The number of carbonyl (C=O) groups is 1. The first kappa shape index (κ1) is 23.9. The Hall–Kier alpha value is -4.42. The van der Waals surface area contributed by atoms with Gasteiger partial charge in [-0.15, -0.1) is 0 Å². The Morgan fingerprint density at radius 3 is 2.74 bits per heavy atom. The number of nitrogens with zero attached hydrogens (tertiary/aromatic N) is 3. The van der Waals surface area contributed by atoms with Gasteiger partial charge in [-0.1, -0.05) is 42.5 Å². The summed E-state index contributed by atoms with van der Waals surface area (Å²) in [6.45, 7) is 0.792. The highest BCUT2D eigenvalue weighted by Crippen LogP contribution is 2.58. The first-order chi connectivity index (χ1) is 18.5. The van der Waals surface area contributed by atoms with Crippen LogP contribution in [0.1, 0.15) is 41.0 Å². The Balaban J connectivity index is 1.40. The highest BCUT2D eigenvalue weighted by Gasteiger charge is 2.73. The smallest absolute Gasteiger partial charge is 0.256 e. The molecule has 6 rings (SSSR count). The SMILES string of the molecule is COc1cc([C@@H]2[C@@H]3CCCN3[C@@]3(C(=O)Nc4ccccc43)[C@@H]2[N+](=O)[O-])ccc1OCc1ccccc1C#N. The zero-order valence-electron chi connectivity index (χ0n) is 20.8. The van der Waals surface area contributed by atoms with Crippen molar-refractivity contribution in [2.75, 3.05) is 19.0 Å². The van der Waals surface area contributed by atoms with Crippen molar-refractivity contribution in [3.63, 3.8) is 0 Å². The van der Waals surface area contributed by atoms with Crippen LogP contribution in [0.2, 0.25) is 0 Å². The number of methoxy groups -OCH3 is 1. The fraction of sp³-hybridized carbons (Fsp3) is 0.310. The van der Waals surface area contributed by atoms with Crippen LogP contribution < -0.4 is 14.8 Å². The van der Waals surface area contributed by atoms with Crippen molar-refractivity contribution in [1.29, 1.82) is 5.26 Å². The van der Waals surface area contributed by atoms with Gasteiger partial charge in [-0.05, 0) is 42.7 Å². The van der Waals surface area contributed by atoms with Crippen LogP contribution in [0.25, 0.3) is 0 Å². The maximum atomic E-state index is 13.6. The monoisotopic (exact) mass is 510 g/mol. The minimum absolute atomic E-state index is 0.165. The number of nitriles is 1. The number of hydrogen-bond acceptors (Lipinski definition) is 7. The van der Waals surface area contributed by atoms with E-state index in [0.29, 0.717) is 34.9 Å². The number of benzene rings is 3. The lowest BCUT2D eigenvalue weighted by Gasteiger charge is -2.32. The fourth-order valence-corrected chi connectivity index (χ4v) is 6.70. The molecule has 3 aromatic carbocycles. The van der Waals surface area contributed by atoms with Gasteiger partial charge in [0, 0.05) is 34.3 Å². The average molecular weight is 511 g/mol. The van der Waals surface area contributed by atoms with Gasteiger partial charge >= 0.3 is 0 Å². The zero-order chi connectivity index (χ0) is 26.4. The third-order valence-electron chi connectivity index (χ3n) is 8.19. The van der Waals surface area contributed by atoms with Crippen LogP contribution in [0.3, 0.4) is 0 Å². The van der Waals surface area contributed by atoms with E-state index in [9.17, 15) is 20.2 Å². The molecule has 192 valence electrons. The normalized spacial score (nSPS) is 25.5. The molecule has 1 spiro atoms. The van der Waals surface area contributed by atoms with Gasteiger partial charge in [-0.25, -0.2) is 0 Å². The molecule has 2 saturated heterocycles. The minimum Gasteiger partial charge on any atom is -0.493 e. The first-order valence-electron chi connectivity index (χ1n) is 12.6. The molecule has 0 saturated carbocycles. The van der Waals surface area contributed by atoms with E-state index in [1.54, 1.807) is 30.3 Å². The fourth-order valence-electron chi connectivity index (χ4n) is 6.70. The molecule has 4 atom stereocenters. The molecule has 0 radical (unpaired) electrons. The second-order valence-electron chi connectivity index (χ2n) is 9.89. The quantitative estimate of drug-likeness (QED) is 0.390. The number of nitro groups is 1. The molecule has 3 aliphatic heterocycles. The molecule has 9 heteroatoms. The van der Waals surface area contributed by atoms with E-state index in [1.165, 1.54) is 7.11 Å². The lowest BCUT2D eigenvalue weighted by atomic mass is 9.77. The Labute approximate surface area is 219 Å². The second-order valence-corrected chi connectivity index (χ2v) is 9.89. The summed E-state index contributed by atoms with van der Waals surface area (Å²) in [5, 5.41) is 25.1. The lowest BCUT2D eigenvalue weighted by molar-refractivity contribution is -0.534. The van der Waals surface area contributed by atoms with E-state index in [0.717, 1.165) is 24.0 Å². The third kappa shape index (κ3) is 3.37. The highest BCUT2D eigenvalue weighted by atomic mass is 16.6. The number of hydrogen-bond donors (Lipinski definition) is 1. The van der Waals surface area contributed by atoms with E-state index < -0.39 is 17.5 Å². The maximum Gasteiger partial charge on any atom is 0.256 e. The number of amides is 1. The van der Waals surface area contributed by atoms with Crippen LogP contribution in [0.4, 0.5) is 5.69 Å². The Kier molecular flexibility index (Phi) is 5.77. The predicted octanol–water partition coefficient (Wildman–Crippen LogP) is 4.20. The number of carbonyl (C=O) groups excluding carboxylic acids is 1. The first-order valence-corrected chi connectivity index (χ1v) is 12.6. The highest BCUT2D eigenvalue weighted by molar-refractivity contribution is 6.07. The summed E-state index contributed by atoms with van der Waals surface area (Å²) in [5.41, 5.74) is 1.96. The Bertz CT molecular complexity index is 1480. The van der Waals surface area contributed by atoms with Crippen LogP contribution in [-0.2, 0) is 16.9 Å². The number of nitrogens with one attached hydrogen (secondary N) is 1. The molecule has 38 heavy (non-hydrogen) atoms. The predicted molar refractivity (Wildman–Crippen MR) is 138 cm³/mol. The van der Waals surface area contributed by atoms with Crippen LogP contribution in [0, 0.1) is 21.4 Å². The lowest BCUT2D eigenvalue weighted by Crippen LogP contribution is -2.55.